The number of ether oxygens (including phenoxy) is 1. The first-order valence-corrected chi connectivity index (χ1v) is 9.84. The predicted octanol–water partition coefficient (Wildman–Crippen LogP) is 1.81. The maximum atomic E-state index is 12.2. The fourth-order valence-corrected chi connectivity index (χ4v) is 3.12. The number of hydrogen-bond acceptors (Lipinski definition) is 8. The van der Waals surface area contributed by atoms with E-state index < -0.39 is 28.6 Å². The van der Waals surface area contributed by atoms with Crippen molar-refractivity contribution in [2.24, 2.45) is 0 Å². The number of benzene rings is 1. The second kappa shape index (κ2) is 8.87. The number of sulfonamides is 1. The Bertz CT molecular complexity index is 905. The van der Waals surface area contributed by atoms with Gasteiger partial charge in [-0.15, -0.1) is 0 Å². The van der Waals surface area contributed by atoms with Crippen LogP contribution in [0.4, 0.5) is 0 Å². The fraction of sp³-hybridized carbons (Fsp3) is 0.412. The summed E-state index contributed by atoms with van der Waals surface area (Å²) in [4.78, 5) is 27.2. The van der Waals surface area contributed by atoms with Crippen LogP contribution in [0.25, 0.3) is 0 Å². The highest BCUT2D eigenvalue weighted by atomic mass is 32.2. The van der Waals surface area contributed by atoms with Crippen LogP contribution >= 0.6 is 0 Å². The molecule has 0 spiro atoms. The average molecular weight is 395 g/mol. The highest BCUT2D eigenvalue weighted by Gasteiger charge is 2.21. The van der Waals surface area contributed by atoms with Crippen molar-refractivity contribution in [2.45, 2.75) is 44.6 Å². The molecule has 0 radical (unpaired) electrons. The zero-order valence-electron chi connectivity index (χ0n) is 15.3. The summed E-state index contributed by atoms with van der Waals surface area (Å²) in [5, 5.41) is 3.77. The number of carbonyl (C=O) groups is 2. The van der Waals surface area contributed by atoms with Gasteiger partial charge in [0.25, 0.3) is 5.89 Å². The number of rotatable bonds is 9. The Morgan fingerprint density at radius 2 is 1.93 bits per heavy atom. The van der Waals surface area contributed by atoms with E-state index in [4.69, 9.17) is 9.26 Å². The van der Waals surface area contributed by atoms with Gasteiger partial charge in [0.2, 0.25) is 10.0 Å². The minimum absolute atomic E-state index is 0.0607. The number of aromatic nitrogens is 2. The van der Waals surface area contributed by atoms with Crippen LogP contribution in [0.15, 0.2) is 33.7 Å². The minimum atomic E-state index is -3.92. The molecule has 0 saturated heterocycles. The van der Waals surface area contributed by atoms with Crippen molar-refractivity contribution in [3.8, 4) is 0 Å². The van der Waals surface area contributed by atoms with Crippen molar-refractivity contribution < 1.29 is 27.3 Å². The predicted molar refractivity (Wildman–Crippen MR) is 94.4 cm³/mol. The number of aryl methyl sites for hydroxylation is 1. The summed E-state index contributed by atoms with van der Waals surface area (Å²) >= 11 is 0. The second-order valence-corrected chi connectivity index (χ2v) is 7.60. The Kier molecular flexibility index (Phi) is 6.81. The number of Topliss-reactive ketones (excluding diaryl/α,β-unsaturated/α-hetero) is 1. The number of hydrogen-bond donors (Lipinski definition) is 1. The van der Waals surface area contributed by atoms with Gasteiger partial charge in [0, 0.05) is 12.0 Å². The van der Waals surface area contributed by atoms with Gasteiger partial charge in [-0.2, -0.15) is 9.71 Å². The number of nitrogens with one attached hydrogen (secondary N) is 1. The van der Waals surface area contributed by atoms with E-state index in [9.17, 15) is 18.0 Å². The lowest BCUT2D eigenvalue weighted by Crippen LogP contribution is -2.31. The Labute approximate surface area is 157 Å². The Morgan fingerprint density at radius 1 is 1.26 bits per heavy atom. The van der Waals surface area contributed by atoms with Crippen LogP contribution in [0.5, 0.6) is 0 Å². The summed E-state index contributed by atoms with van der Waals surface area (Å²) in [6.45, 7) is 4.35. The van der Waals surface area contributed by atoms with Crippen LogP contribution in [-0.4, -0.2) is 36.9 Å². The normalized spacial score (nSPS) is 12.6. The third-order valence-electron chi connectivity index (χ3n) is 3.59. The van der Waals surface area contributed by atoms with Crippen molar-refractivity contribution in [1.29, 1.82) is 0 Å². The molecule has 2 aromatic rings. The third-order valence-corrected chi connectivity index (χ3v) is 5.01. The minimum Gasteiger partial charge on any atom is -0.452 e. The molecular weight excluding hydrogens is 374 g/mol. The summed E-state index contributed by atoms with van der Waals surface area (Å²) in [5.74, 6) is -0.297. The van der Waals surface area contributed by atoms with E-state index in [1.165, 1.54) is 31.2 Å². The van der Waals surface area contributed by atoms with Crippen molar-refractivity contribution in [2.75, 3.05) is 6.54 Å². The number of nitrogens with zero attached hydrogens (tertiary/aromatic N) is 2. The van der Waals surface area contributed by atoms with Crippen LogP contribution < -0.4 is 4.72 Å². The highest BCUT2D eigenvalue weighted by molar-refractivity contribution is 7.89. The molecule has 1 heterocycles. The molecule has 0 aliphatic carbocycles. The summed E-state index contributed by atoms with van der Waals surface area (Å²) < 4.78 is 36.7. The zero-order chi connectivity index (χ0) is 20.0. The molecule has 2 rings (SSSR count). The summed E-state index contributed by atoms with van der Waals surface area (Å²) in [5.41, 5.74) is 0.393. The first kappa shape index (κ1) is 20.7. The molecule has 1 aromatic heterocycles. The van der Waals surface area contributed by atoms with Gasteiger partial charge >= 0.3 is 5.97 Å². The molecule has 0 saturated carbocycles. The molecule has 146 valence electrons. The highest BCUT2D eigenvalue weighted by Crippen LogP contribution is 2.15. The standard InChI is InChI=1S/C17H21N3O6S/c1-4-5-15-19-17(26-20-15)12(3)25-16(22)10-18-27(23,24)14-8-6-13(7-9-14)11(2)21/h6-9,12,18H,4-5,10H2,1-3H3. The topological polar surface area (TPSA) is 128 Å². The monoisotopic (exact) mass is 395 g/mol. The van der Waals surface area contributed by atoms with Crippen molar-refractivity contribution in [3.05, 3.63) is 41.5 Å². The van der Waals surface area contributed by atoms with Gasteiger partial charge < -0.3 is 9.26 Å². The molecule has 1 N–H and O–H groups in total. The van der Waals surface area contributed by atoms with Gasteiger partial charge in [-0.05, 0) is 32.4 Å². The molecule has 0 bridgehead atoms. The van der Waals surface area contributed by atoms with E-state index in [0.29, 0.717) is 17.8 Å². The summed E-state index contributed by atoms with van der Waals surface area (Å²) in [6.07, 6.45) is 0.698. The number of ketones is 1. The maximum absolute atomic E-state index is 12.2. The smallest absolute Gasteiger partial charge is 0.321 e. The second-order valence-electron chi connectivity index (χ2n) is 5.84. The molecule has 0 fully saturated rings. The van der Waals surface area contributed by atoms with Crippen molar-refractivity contribution >= 4 is 21.8 Å². The van der Waals surface area contributed by atoms with E-state index in [1.807, 2.05) is 6.92 Å². The van der Waals surface area contributed by atoms with Gasteiger partial charge in [0.05, 0.1) is 4.90 Å². The van der Waals surface area contributed by atoms with E-state index in [0.717, 1.165) is 6.42 Å². The first-order chi connectivity index (χ1) is 12.7. The van der Waals surface area contributed by atoms with E-state index in [1.54, 1.807) is 6.92 Å². The van der Waals surface area contributed by atoms with Crippen LogP contribution in [0.3, 0.4) is 0 Å². The Balaban J connectivity index is 1.92. The first-order valence-electron chi connectivity index (χ1n) is 8.35. The van der Waals surface area contributed by atoms with Gasteiger partial charge in [0.1, 0.15) is 6.54 Å². The molecule has 10 heteroatoms. The largest absolute Gasteiger partial charge is 0.452 e. The van der Waals surface area contributed by atoms with Crippen molar-refractivity contribution in [1.82, 2.24) is 14.9 Å². The quantitative estimate of drug-likeness (QED) is 0.503. The average Bonchev–Trinajstić information content (AvgIpc) is 3.09. The summed E-state index contributed by atoms with van der Waals surface area (Å²) in [7, 11) is -3.92. The molecule has 1 unspecified atom stereocenters. The third kappa shape index (κ3) is 5.69. The van der Waals surface area contributed by atoms with Crippen LogP contribution in [0.1, 0.15) is 55.4 Å². The lowest BCUT2D eigenvalue weighted by molar-refractivity contribution is -0.148. The molecular formula is C17H21N3O6S. The van der Waals surface area contributed by atoms with Gasteiger partial charge in [-0.1, -0.05) is 24.2 Å². The SMILES string of the molecule is CCCc1noc(C(C)OC(=O)CNS(=O)(=O)c2ccc(C(C)=O)cc2)n1. The van der Waals surface area contributed by atoms with Crippen molar-refractivity contribution in [3.63, 3.8) is 0 Å². The number of esters is 1. The number of carbonyl (C=O) groups excluding carboxylic acids is 2. The van der Waals surface area contributed by atoms with Crippen LogP contribution in [0, 0.1) is 0 Å². The molecule has 0 aliphatic rings. The molecule has 9 nitrogen and oxygen atoms in total. The lowest BCUT2D eigenvalue weighted by Gasteiger charge is -2.10. The molecule has 1 aromatic carbocycles. The van der Waals surface area contributed by atoms with Gasteiger partial charge in [-0.25, -0.2) is 8.42 Å². The van der Waals surface area contributed by atoms with E-state index in [-0.39, 0.29) is 16.6 Å². The van der Waals surface area contributed by atoms with Gasteiger partial charge in [0.15, 0.2) is 17.7 Å². The molecule has 0 amide bonds. The Hall–Kier alpha value is -2.59. The van der Waals surface area contributed by atoms with Gasteiger partial charge in [-0.3, -0.25) is 9.59 Å². The van der Waals surface area contributed by atoms with Crippen LogP contribution in [0.2, 0.25) is 0 Å². The lowest BCUT2D eigenvalue weighted by atomic mass is 10.2. The maximum Gasteiger partial charge on any atom is 0.321 e. The molecule has 0 aliphatic heterocycles. The fourth-order valence-electron chi connectivity index (χ4n) is 2.15. The van der Waals surface area contributed by atoms with E-state index in [2.05, 4.69) is 14.9 Å². The summed E-state index contributed by atoms with van der Waals surface area (Å²) in [6, 6.07) is 5.39. The Morgan fingerprint density at radius 3 is 2.52 bits per heavy atom. The molecule has 27 heavy (non-hydrogen) atoms. The molecule has 1 atom stereocenters. The van der Waals surface area contributed by atoms with E-state index >= 15 is 0 Å². The zero-order valence-corrected chi connectivity index (χ0v) is 16.1. The van der Waals surface area contributed by atoms with Crippen LogP contribution in [-0.2, 0) is 26.0 Å².